The van der Waals surface area contributed by atoms with E-state index in [0.717, 1.165) is 59.1 Å². The fourth-order valence-electron chi connectivity index (χ4n) is 4.10. The molecule has 1 saturated heterocycles. The Bertz CT molecular complexity index is 1020. The first-order valence-electron chi connectivity index (χ1n) is 10.5. The molecule has 3 aromatic rings. The fraction of sp³-hybridized carbons (Fsp3) is 0.435. The molecule has 4 rings (SSSR count). The molecule has 0 unspecified atom stereocenters. The molecule has 0 bridgehead atoms. The Balaban J connectivity index is 1.57. The predicted molar refractivity (Wildman–Crippen MR) is 120 cm³/mol. The summed E-state index contributed by atoms with van der Waals surface area (Å²) in [4.78, 5) is 24.4. The second-order valence-electron chi connectivity index (χ2n) is 7.63. The highest BCUT2D eigenvalue weighted by atomic mass is 32.2. The number of rotatable bonds is 7. The lowest BCUT2D eigenvalue weighted by molar-refractivity contribution is -0.135. The molecular formula is C23H28N4O2S. The van der Waals surface area contributed by atoms with E-state index in [1.54, 1.807) is 31.3 Å². The van der Waals surface area contributed by atoms with Crippen LogP contribution >= 0.6 is 11.8 Å². The van der Waals surface area contributed by atoms with Gasteiger partial charge in [-0.3, -0.25) is 9.78 Å². The molecule has 0 aliphatic carbocycles. The van der Waals surface area contributed by atoms with Gasteiger partial charge < -0.3 is 14.2 Å². The molecule has 1 fully saturated rings. The number of likely N-dealkylation sites (tertiary alicyclic amines) is 1. The fourth-order valence-corrected chi connectivity index (χ4v) is 5.06. The lowest BCUT2D eigenvalue weighted by Crippen LogP contribution is -2.44. The van der Waals surface area contributed by atoms with E-state index in [9.17, 15) is 4.79 Å². The van der Waals surface area contributed by atoms with Gasteiger partial charge in [0, 0.05) is 24.5 Å². The van der Waals surface area contributed by atoms with Crippen molar-refractivity contribution in [3.63, 3.8) is 0 Å². The number of aromatic nitrogens is 3. The molecule has 0 N–H and O–H groups in total. The van der Waals surface area contributed by atoms with Crippen LogP contribution < -0.4 is 4.74 Å². The Hall–Kier alpha value is -2.54. The van der Waals surface area contributed by atoms with Crippen LogP contribution in [-0.4, -0.2) is 45.0 Å². The summed E-state index contributed by atoms with van der Waals surface area (Å²) in [6.45, 7) is 3.33. The molecule has 0 radical (unpaired) electrons. The molecule has 2 aromatic heterocycles. The zero-order chi connectivity index (χ0) is 20.9. The van der Waals surface area contributed by atoms with Crippen LogP contribution in [0, 0.1) is 0 Å². The largest absolute Gasteiger partial charge is 0.497 e. The van der Waals surface area contributed by atoms with Crippen LogP contribution in [0.5, 0.6) is 5.75 Å². The van der Waals surface area contributed by atoms with Crippen LogP contribution in [0.4, 0.5) is 0 Å². The van der Waals surface area contributed by atoms with Crippen LogP contribution in [0.25, 0.3) is 11.0 Å². The Morgan fingerprint density at radius 2 is 2.20 bits per heavy atom. The third-order valence-corrected chi connectivity index (χ3v) is 6.78. The number of fused-ring (bicyclic) bond motifs is 1. The van der Waals surface area contributed by atoms with Gasteiger partial charge in [-0.25, -0.2) is 4.98 Å². The molecule has 1 aliphatic rings. The number of nitrogens with zero attached hydrogens (tertiary/aromatic N) is 4. The summed E-state index contributed by atoms with van der Waals surface area (Å²) in [5, 5.41) is 0.847. The number of imidazole rings is 1. The van der Waals surface area contributed by atoms with E-state index in [4.69, 9.17) is 9.72 Å². The van der Waals surface area contributed by atoms with Gasteiger partial charge in [0.2, 0.25) is 5.91 Å². The summed E-state index contributed by atoms with van der Waals surface area (Å²) in [5.74, 6) is 1.77. The van der Waals surface area contributed by atoms with Crippen LogP contribution in [0.3, 0.4) is 0 Å². The third kappa shape index (κ3) is 4.46. The van der Waals surface area contributed by atoms with E-state index in [1.807, 2.05) is 28.8 Å². The van der Waals surface area contributed by atoms with Gasteiger partial charge in [-0.1, -0.05) is 30.8 Å². The first-order chi connectivity index (χ1) is 14.7. The molecule has 7 heteroatoms. The summed E-state index contributed by atoms with van der Waals surface area (Å²) in [6, 6.07) is 10.3. The maximum atomic E-state index is 13.2. The van der Waals surface area contributed by atoms with Crippen molar-refractivity contribution in [2.75, 3.05) is 13.7 Å². The number of methoxy groups -OCH3 is 1. The van der Waals surface area contributed by atoms with Crippen LogP contribution in [0.2, 0.25) is 0 Å². The predicted octanol–water partition coefficient (Wildman–Crippen LogP) is 4.52. The standard InChI is InChI=1S/C23H28N4O2S/c1-3-18-8-4-5-12-26(18)22(28)15-27-21-14-24-11-10-20(21)25-23(27)30-16-17-7-6-9-19(13-17)29-2/h6-7,9-11,13-14,18H,3-5,8,12,15-16H2,1-2H3/t18-/m1/s1. The number of piperidine rings is 1. The van der Waals surface area contributed by atoms with E-state index >= 15 is 0 Å². The number of pyridine rings is 1. The average Bonchev–Trinajstić information content (AvgIpc) is 3.15. The average molecular weight is 425 g/mol. The third-order valence-electron chi connectivity index (χ3n) is 5.73. The molecular weight excluding hydrogens is 396 g/mol. The van der Waals surface area contributed by atoms with Crippen molar-refractivity contribution in [2.24, 2.45) is 0 Å². The molecule has 158 valence electrons. The minimum Gasteiger partial charge on any atom is -0.497 e. The van der Waals surface area contributed by atoms with Crippen molar-refractivity contribution in [3.05, 3.63) is 48.3 Å². The zero-order valence-corrected chi connectivity index (χ0v) is 18.4. The van der Waals surface area contributed by atoms with Gasteiger partial charge in [0.1, 0.15) is 12.3 Å². The van der Waals surface area contributed by atoms with Gasteiger partial charge in [-0.05, 0) is 49.4 Å². The first kappa shape index (κ1) is 20.7. The molecule has 0 spiro atoms. The van der Waals surface area contributed by atoms with Crippen molar-refractivity contribution in [1.29, 1.82) is 0 Å². The lowest BCUT2D eigenvalue weighted by atomic mass is 10.00. The molecule has 30 heavy (non-hydrogen) atoms. The smallest absolute Gasteiger partial charge is 0.242 e. The highest BCUT2D eigenvalue weighted by Crippen LogP contribution is 2.28. The maximum absolute atomic E-state index is 13.2. The van der Waals surface area contributed by atoms with Crippen LogP contribution in [0.15, 0.2) is 47.9 Å². The van der Waals surface area contributed by atoms with Gasteiger partial charge in [0.25, 0.3) is 0 Å². The Morgan fingerprint density at radius 3 is 3.03 bits per heavy atom. The quantitative estimate of drug-likeness (QED) is 0.522. The summed E-state index contributed by atoms with van der Waals surface area (Å²) in [6.07, 6.45) is 7.96. The van der Waals surface area contributed by atoms with Crippen LogP contribution in [-0.2, 0) is 17.1 Å². The summed E-state index contributed by atoms with van der Waals surface area (Å²) < 4.78 is 7.36. The van der Waals surface area contributed by atoms with Crippen molar-refractivity contribution in [3.8, 4) is 5.75 Å². The van der Waals surface area contributed by atoms with Gasteiger partial charge in [-0.2, -0.15) is 0 Å². The number of hydrogen-bond acceptors (Lipinski definition) is 5. The topological polar surface area (TPSA) is 60.2 Å². The minimum absolute atomic E-state index is 0.174. The Kier molecular flexibility index (Phi) is 6.57. The van der Waals surface area contributed by atoms with E-state index in [-0.39, 0.29) is 5.91 Å². The molecule has 0 saturated carbocycles. The van der Waals surface area contributed by atoms with Gasteiger partial charge in [0.15, 0.2) is 5.16 Å². The second kappa shape index (κ2) is 9.51. The van der Waals surface area contributed by atoms with Crippen molar-refractivity contribution in [2.45, 2.75) is 56.1 Å². The molecule has 1 aromatic carbocycles. The number of carbonyl (C=O) groups excluding carboxylic acids is 1. The zero-order valence-electron chi connectivity index (χ0n) is 17.6. The number of amides is 1. The highest BCUT2D eigenvalue weighted by Gasteiger charge is 2.26. The van der Waals surface area contributed by atoms with Gasteiger partial charge in [-0.15, -0.1) is 0 Å². The number of hydrogen-bond donors (Lipinski definition) is 0. The summed E-state index contributed by atoms with van der Waals surface area (Å²) >= 11 is 1.64. The monoisotopic (exact) mass is 424 g/mol. The van der Waals surface area contributed by atoms with Crippen molar-refractivity contribution >= 4 is 28.7 Å². The van der Waals surface area contributed by atoms with Gasteiger partial charge >= 0.3 is 0 Å². The van der Waals surface area contributed by atoms with E-state index in [1.165, 1.54) is 6.42 Å². The van der Waals surface area contributed by atoms with E-state index in [2.05, 4.69) is 22.9 Å². The Labute approximate surface area is 181 Å². The number of carbonyl (C=O) groups is 1. The normalized spacial score (nSPS) is 16.7. The first-order valence-corrected chi connectivity index (χ1v) is 11.5. The maximum Gasteiger partial charge on any atom is 0.242 e. The Morgan fingerprint density at radius 1 is 1.30 bits per heavy atom. The van der Waals surface area contributed by atoms with E-state index in [0.29, 0.717) is 12.6 Å². The highest BCUT2D eigenvalue weighted by molar-refractivity contribution is 7.98. The number of benzene rings is 1. The number of ether oxygens (including phenoxy) is 1. The summed E-state index contributed by atoms with van der Waals surface area (Å²) in [7, 11) is 1.68. The molecule has 3 heterocycles. The molecule has 1 atom stereocenters. The van der Waals surface area contributed by atoms with E-state index < -0.39 is 0 Å². The minimum atomic E-state index is 0.174. The number of thioether (sulfide) groups is 1. The van der Waals surface area contributed by atoms with Crippen molar-refractivity contribution in [1.82, 2.24) is 19.4 Å². The molecule has 6 nitrogen and oxygen atoms in total. The molecule has 1 amide bonds. The van der Waals surface area contributed by atoms with Crippen LogP contribution in [0.1, 0.15) is 38.2 Å². The summed E-state index contributed by atoms with van der Waals surface area (Å²) in [5.41, 5.74) is 2.94. The lowest BCUT2D eigenvalue weighted by Gasteiger charge is -2.35. The molecule has 1 aliphatic heterocycles. The second-order valence-corrected chi connectivity index (χ2v) is 8.57. The van der Waals surface area contributed by atoms with Gasteiger partial charge in [0.05, 0.1) is 24.3 Å². The van der Waals surface area contributed by atoms with Crippen molar-refractivity contribution < 1.29 is 9.53 Å². The SMILES string of the molecule is CC[C@@H]1CCCCN1C(=O)Cn1c(SCc2cccc(OC)c2)nc2ccncc21.